The molecule has 1 aromatic carbocycles. The molecule has 3 nitrogen and oxygen atoms in total. The summed E-state index contributed by atoms with van der Waals surface area (Å²) in [6.07, 6.45) is 5.22. The van der Waals surface area contributed by atoms with E-state index in [4.69, 9.17) is 4.74 Å². The lowest BCUT2D eigenvalue weighted by Crippen LogP contribution is -2.39. The van der Waals surface area contributed by atoms with Crippen LogP contribution in [0.5, 0.6) is 0 Å². The summed E-state index contributed by atoms with van der Waals surface area (Å²) in [7, 11) is 0. The fraction of sp³-hybridized carbons (Fsp3) is 0.562. The summed E-state index contributed by atoms with van der Waals surface area (Å²) in [5.41, 5.74) is 0.0130. The van der Waals surface area contributed by atoms with Gasteiger partial charge in [0.15, 0.2) is 0 Å². The number of hydrogen-bond donors (Lipinski definition) is 1. The van der Waals surface area contributed by atoms with Crippen molar-refractivity contribution >= 4 is 5.97 Å². The van der Waals surface area contributed by atoms with Gasteiger partial charge in [0.25, 0.3) is 0 Å². The largest absolute Gasteiger partial charge is 0.465 e. The summed E-state index contributed by atoms with van der Waals surface area (Å²) in [6, 6.07) is 2.33. The minimum Gasteiger partial charge on any atom is -0.465 e. The Morgan fingerprint density at radius 3 is 2.71 bits per heavy atom. The molecular weight excluding hydrogens is 276 g/mol. The smallest absolute Gasteiger partial charge is 0.327 e. The van der Waals surface area contributed by atoms with Crippen molar-refractivity contribution in [2.45, 2.75) is 51.1 Å². The quantitative estimate of drug-likeness (QED) is 0.845. The molecule has 1 aliphatic carbocycles. The van der Waals surface area contributed by atoms with E-state index >= 15 is 0 Å². The maximum absolute atomic E-state index is 14.0. The number of nitrogens with one attached hydrogen (secondary N) is 1. The van der Waals surface area contributed by atoms with E-state index in [1.165, 1.54) is 6.42 Å². The van der Waals surface area contributed by atoms with Gasteiger partial charge in [0.2, 0.25) is 0 Å². The van der Waals surface area contributed by atoms with Crippen LogP contribution >= 0.6 is 0 Å². The molecule has 116 valence electrons. The molecule has 1 saturated carbocycles. The molecule has 1 aliphatic rings. The van der Waals surface area contributed by atoms with E-state index in [2.05, 4.69) is 5.32 Å². The lowest BCUT2D eigenvalue weighted by molar-refractivity contribution is -0.146. The molecule has 1 fully saturated rings. The van der Waals surface area contributed by atoms with Gasteiger partial charge in [0.1, 0.15) is 17.7 Å². The first kappa shape index (κ1) is 15.9. The molecule has 0 aromatic heterocycles. The van der Waals surface area contributed by atoms with Gasteiger partial charge in [0, 0.05) is 11.6 Å². The second-order valence-electron chi connectivity index (χ2n) is 5.35. The number of rotatable bonds is 5. The Labute approximate surface area is 123 Å². The van der Waals surface area contributed by atoms with Crippen LogP contribution < -0.4 is 5.32 Å². The molecule has 1 atom stereocenters. The lowest BCUT2D eigenvalue weighted by Gasteiger charge is -2.27. The fourth-order valence-electron chi connectivity index (χ4n) is 2.75. The Hall–Kier alpha value is -1.49. The summed E-state index contributed by atoms with van der Waals surface area (Å²) < 4.78 is 32.4. The Balaban J connectivity index is 2.22. The molecule has 1 aromatic rings. The standard InChI is InChI=1S/C16H21F2NO2/c1-2-21-16(20)15(19-12-6-4-3-5-7-12)13-10-11(17)8-9-14(13)18/h8-10,12,15,19H,2-7H2,1H3. The molecule has 0 saturated heterocycles. The zero-order valence-corrected chi connectivity index (χ0v) is 12.2. The second kappa shape index (κ2) is 7.50. The molecule has 21 heavy (non-hydrogen) atoms. The van der Waals surface area contributed by atoms with Crippen LogP contribution in [0.15, 0.2) is 18.2 Å². The molecule has 0 heterocycles. The van der Waals surface area contributed by atoms with Crippen molar-refractivity contribution < 1.29 is 18.3 Å². The Bertz CT molecular complexity index is 487. The molecule has 0 bridgehead atoms. The first-order chi connectivity index (χ1) is 10.1. The topological polar surface area (TPSA) is 38.3 Å². The Kier molecular flexibility index (Phi) is 5.67. The van der Waals surface area contributed by atoms with E-state index in [-0.39, 0.29) is 18.2 Å². The van der Waals surface area contributed by atoms with E-state index in [9.17, 15) is 13.6 Å². The second-order valence-corrected chi connectivity index (χ2v) is 5.35. The molecule has 0 spiro atoms. The van der Waals surface area contributed by atoms with Gasteiger partial charge >= 0.3 is 5.97 Å². The van der Waals surface area contributed by atoms with Crippen molar-refractivity contribution in [1.82, 2.24) is 5.32 Å². The number of ether oxygens (including phenoxy) is 1. The normalized spacial score (nSPS) is 17.5. The minimum absolute atomic E-state index is 0.0130. The maximum atomic E-state index is 14.0. The maximum Gasteiger partial charge on any atom is 0.327 e. The van der Waals surface area contributed by atoms with Crippen molar-refractivity contribution in [2.24, 2.45) is 0 Å². The van der Waals surface area contributed by atoms with Gasteiger partial charge in [-0.3, -0.25) is 5.32 Å². The van der Waals surface area contributed by atoms with Gasteiger partial charge in [-0.05, 0) is 38.0 Å². The van der Waals surface area contributed by atoms with Gasteiger partial charge in [-0.25, -0.2) is 13.6 Å². The third-order valence-corrected chi connectivity index (χ3v) is 3.80. The van der Waals surface area contributed by atoms with Crippen LogP contribution in [-0.2, 0) is 9.53 Å². The molecule has 0 radical (unpaired) electrons. The summed E-state index contributed by atoms with van der Waals surface area (Å²) in [6.45, 7) is 1.90. The van der Waals surface area contributed by atoms with Gasteiger partial charge in [-0.1, -0.05) is 19.3 Å². The highest BCUT2D eigenvalue weighted by Gasteiger charge is 2.28. The molecule has 1 N–H and O–H groups in total. The number of benzene rings is 1. The van der Waals surface area contributed by atoms with Crippen LogP contribution in [0, 0.1) is 11.6 Å². The summed E-state index contributed by atoms with van der Waals surface area (Å²) in [4.78, 5) is 12.1. The predicted molar refractivity (Wildman–Crippen MR) is 75.7 cm³/mol. The van der Waals surface area contributed by atoms with Crippen LogP contribution in [0.4, 0.5) is 8.78 Å². The van der Waals surface area contributed by atoms with Crippen LogP contribution in [0.25, 0.3) is 0 Å². The number of hydrogen-bond acceptors (Lipinski definition) is 3. The van der Waals surface area contributed by atoms with E-state index < -0.39 is 23.6 Å². The van der Waals surface area contributed by atoms with Crippen molar-refractivity contribution in [1.29, 1.82) is 0 Å². The van der Waals surface area contributed by atoms with Crippen molar-refractivity contribution in [3.8, 4) is 0 Å². The van der Waals surface area contributed by atoms with Crippen molar-refractivity contribution in [3.63, 3.8) is 0 Å². The molecule has 5 heteroatoms. The lowest BCUT2D eigenvalue weighted by atomic mass is 9.94. The number of carbonyl (C=O) groups excluding carboxylic acids is 1. The SMILES string of the molecule is CCOC(=O)C(NC1CCCCC1)c1cc(F)ccc1F. The minimum atomic E-state index is -0.955. The van der Waals surface area contributed by atoms with Gasteiger partial charge in [-0.15, -0.1) is 0 Å². The predicted octanol–water partition coefficient (Wildman–Crippen LogP) is 3.49. The summed E-state index contributed by atoms with van der Waals surface area (Å²) >= 11 is 0. The zero-order valence-electron chi connectivity index (χ0n) is 12.2. The van der Waals surface area contributed by atoms with Crippen LogP contribution in [0.1, 0.15) is 50.6 Å². The Morgan fingerprint density at radius 2 is 2.05 bits per heavy atom. The van der Waals surface area contributed by atoms with E-state index in [0.29, 0.717) is 0 Å². The molecule has 0 aliphatic heterocycles. The van der Waals surface area contributed by atoms with Gasteiger partial charge < -0.3 is 4.74 Å². The third-order valence-electron chi connectivity index (χ3n) is 3.80. The monoisotopic (exact) mass is 297 g/mol. The molecule has 0 amide bonds. The highest BCUT2D eigenvalue weighted by atomic mass is 19.1. The molecule has 1 unspecified atom stereocenters. The first-order valence-electron chi connectivity index (χ1n) is 7.49. The van der Waals surface area contributed by atoms with E-state index in [1.807, 2.05) is 0 Å². The highest BCUT2D eigenvalue weighted by Crippen LogP contribution is 2.24. The molecular formula is C16H21F2NO2. The fourth-order valence-corrected chi connectivity index (χ4v) is 2.75. The van der Waals surface area contributed by atoms with Crippen molar-refractivity contribution in [3.05, 3.63) is 35.4 Å². The van der Waals surface area contributed by atoms with E-state index in [0.717, 1.165) is 43.9 Å². The van der Waals surface area contributed by atoms with E-state index in [1.54, 1.807) is 6.92 Å². The summed E-state index contributed by atoms with van der Waals surface area (Å²) in [5, 5.41) is 3.14. The number of esters is 1. The third kappa shape index (κ3) is 4.24. The van der Waals surface area contributed by atoms with Gasteiger partial charge in [-0.2, -0.15) is 0 Å². The van der Waals surface area contributed by atoms with Crippen LogP contribution in [0.3, 0.4) is 0 Å². The summed E-state index contributed by atoms with van der Waals surface area (Å²) in [5.74, 6) is -1.73. The van der Waals surface area contributed by atoms with Gasteiger partial charge in [0.05, 0.1) is 6.61 Å². The van der Waals surface area contributed by atoms with Crippen LogP contribution in [0.2, 0.25) is 0 Å². The first-order valence-corrected chi connectivity index (χ1v) is 7.49. The Morgan fingerprint density at radius 1 is 1.33 bits per heavy atom. The number of halogens is 2. The zero-order chi connectivity index (χ0) is 15.2. The highest BCUT2D eigenvalue weighted by molar-refractivity contribution is 5.77. The van der Waals surface area contributed by atoms with Crippen LogP contribution in [-0.4, -0.2) is 18.6 Å². The average Bonchev–Trinajstić information content (AvgIpc) is 2.49. The number of carbonyl (C=O) groups is 1. The van der Waals surface area contributed by atoms with Crippen molar-refractivity contribution in [2.75, 3.05) is 6.61 Å². The average molecular weight is 297 g/mol. The molecule has 2 rings (SSSR count).